The van der Waals surface area contributed by atoms with Crippen LogP contribution < -0.4 is 15.6 Å². The van der Waals surface area contributed by atoms with E-state index in [9.17, 15) is 0 Å². The van der Waals surface area contributed by atoms with E-state index in [1.165, 1.54) is 0 Å². The molecule has 0 saturated heterocycles. The van der Waals surface area contributed by atoms with Crippen LogP contribution in [0.15, 0.2) is 102 Å². The van der Waals surface area contributed by atoms with Crippen LogP contribution in [0.5, 0.6) is 0 Å². The van der Waals surface area contributed by atoms with E-state index in [-0.39, 0.29) is 0 Å². The van der Waals surface area contributed by atoms with Crippen molar-refractivity contribution in [1.29, 1.82) is 0 Å². The normalized spacial score (nSPS) is 13.1. The van der Waals surface area contributed by atoms with E-state index in [2.05, 4.69) is 0 Å². The van der Waals surface area contributed by atoms with Gasteiger partial charge in [0.2, 0.25) is 8.07 Å². The minimum Gasteiger partial charge on any atom is -0.215 e. The lowest BCUT2D eigenvalue weighted by Gasteiger charge is -2.35. The molecule has 0 amide bonds. The van der Waals surface area contributed by atoms with Crippen LogP contribution in [0.25, 0.3) is 0 Å². The van der Waals surface area contributed by atoms with E-state index in [1.54, 1.807) is 0 Å². The number of hydrogen-bond acceptors (Lipinski definition) is 0. The van der Waals surface area contributed by atoms with Crippen molar-refractivity contribution in [3.8, 4) is 0 Å². The number of rotatable bonds is 8. The maximum Gasteiger partial charge on any atom is 0.217 e. The largest absolute Gasteiger partial charge is 0.217 e. The average Bonchev–Trinajstić information content (AvgIpc) is 2.83. The Bertz CT molecular complexity index is 861. The Labute approximate surface area is 181 Å². The minimum absolute atomic E-state index is 0.432. The molecule has 0 aliphatic rings. The van der Waals surface area contributed by atoms with Crippen LogP contribution >= 0.6 is 0 Å². The Hall–Kier alpha value is -2.31. The third kappa shape index (κ3) is 3.74. The molecule has 4 heteroatoms. The molecule has 0 aromatic heterocycles. The first-order chi connectivity index (χ1) is 14.6. The van der Waals surface area contributed by atoms with Gasteiger partial charge in [0, 0.05) is 0 Å². The topological polar surface area (TPSA) is 0 Å². The minimum atomic E-state index is -3.38. The van der Waals surface area contributed by atoms with E-state index >= 15 is 8.78 Å². The summed E-state index contributed by atoms with van der Waals surface area (Å²) in [6.45, 7) is 6.05. The van der Waals surface area contributed by atoms with Gasteiger partial charge in [-0.2, -0.15) is 0 Å². The van der Waals surface area contributed by atoms with Gasteiger partial charge in [-0.25, -0.2) is 8.78 Å². The van der Waals surface area contributed by atoms with Gasteiger partial charge >= 0.3 is 0 Å². The van der Waals surface area contributed by atoms with Crippen LogP contribution in [0.3, 0.4) is 0 Å². The molecular weight excluding hydrogens is 406 g/mol. The second-order valence-corrected chi connectivity index (χ2v) is 16.6. The van der Waals surface area contributed by atoms with Crippen LogP contribution in [0, 0.1) is 0 Å². The Morgan fingerprint density at radius 3 is 1.10 bits per heavy atom. The van der Waals surface area contributed by atoms with E-state index in [0.717, 1.165) is 15.6 Å². The molecule has 0 unspecified atom stereocenters. The fraction of sp³-hybridized carbons (Fsp3) is 0.231. The third-order valence-electron chi connectivity index (χ3n) is 6.64. The molecule has 0 heterocycles. The summed E-state index contributed by atoms with van der Waals surface area (Å²) in [4.78, 5) is 0. The molecule has 156 valence electrons. The summed E-state index contributed by atoms with van der Waals surface area (Å²) < 4.78 is 33.1. The zero-order valence-corrected chi connectivity index (χ0v) is 20.0. The van der Waals surface area contributed by atoms with Crippen molar-refractivity contribution in [1.82, 2.24) is 0 Å². The molecule has 0 saturated carbocycles. The van der Waals surface area contributed by atoms with Gasteiger partial charge in [-0.1, -0.05) is 130 Å². The summed E-state index contributed by atoms with van der Waals surface area (Å²) in [5.74, 6) is 0. The molecule has 0 nitrogen and oxygen atoms in total. The maximum atomic E-state index is 16.8. The van der Waals surface area contributed by atoms with Gasteiger partial charge in [0.1, 0.15) is 19.0 Å². The predicted octanol–water partition coefficient (Wildman–Crippen LogP) is 5.89. The number of benzene rings is 3. The van der Waals surface area contributed by atoms with Gasteiger partial charge in [-0.05, 0) is 15.6 Å². The monoisotopic (exact) mass is 436 g/mol. The molecule has 0 bridgehead atoms. The zero-order chi connectivity index (χ0) is 21.6. The molecule has 3 rings (SSSR count). The molecule has 0 radical (unpaired) electrons. The number of hydrogen-bond donors (Lipinski definition) is 0. The number of halogens is 2. The summed E-state index contributed by atoms with van der Waals surface area (Å²) in [6, 6.07) is 31.3. The van der Waals surface area contributed by atoms with Gasteiger partial charge in [0.05, 0.1) is 0 Å². The highest BCUT2D eigenvalue weighted by Gasteiger charge is 2.49. The van der Waals surface area contributed by atoms with Crippen molar-refractivity contribution in [3.63, 3.8) is 0 Å². The predicted molar refractivity (Wildman–Crippen MR) is 130 cm³/mol. The standard InChI is InChI=1S/C26H30F2Si2/c1-4-29(5-2,6-3)25(27)26(28)30(22-16-10-7-11-17-22,23-18-12-8-13-19-23)24-20-14-9-15-21-24/h7-21H,4-6H2,1-3H3/b26-25+. The summed E-state index contributed by atoms with van der Waals surface area (Å²) in [5, 5.41) is 2.63. The highest BCUT2D eigenvalue weighted by atomic mass is 28.3. The summed E-state index contributed by atoms with van der Waals surface area (Å²) >= 11 is 0. The molecule has 3 aromatic carbocycles. The molecule has 0 aliphatic carbocycles. The van der Waals surface area contributed by atoms with Crippen LogP contribution in [0.2, 0.25) is 18.1 Å². The molecule has 0 atom stereocenters. The van der Waals surface area contributed by atoms with Crippen molar-refractivity contribution in [2.45, 2.75) is 38.9 Å². The van der Waals surface area contributed by atoms with E-state index < -0.39 is 27.0 Å². The summed E-state index contributed by atoms with van der Waals surface area (Å²) in [7, 11) is -5.90. The van der Waals surface area contributed by atoms with Gasteiger partial charge in [0.25, 0.3) is 0 Å². The maximum absolute atomic E-state index is 16.8. The smallest absolute Gasteiger partial charge is 0.215 e. The highest BCUT2D eigenvalue weighted by molar-refractivity contribution is 7.16. The first kappa shape index (κ1) is 22.4. The van der Waals surface area contributed by atoms with E-state index in [1.807, 2.05) is 112 Å². The van der Waals surface area contributed by atoms with E-state index in [0.29, 0.717) is 18.1 Å². The SMILES string of the molecule is CC[Si](CC)(CC)/C(F)=C(\F)[Si](c1ccccc1)(c1ccccc1)c1ccccc1. The van der Waals surface area contributed by atoms with Crippen LogP contribution in [-0.4, -0.2) is 16.1 Å². The molecule has 30 heavy (non-hydrogen) atoms. The molecule has 0 spiro atoms. The quantitative estimate of drug-likeness (QED) is 0.305. The molecule has 0 N–H and O–H groups in total. The molecule has 3 aromatic rings. The van der Waals surface area contributed by atoms with Crippen molar-refractivity contribution in [3.05, 3.63) is 102 Å². The molecule has 0 aliphatic heterocycles. The Morgan fingerprint density at radius 2 is 0.833 bits per heavy atom. The summed E-state index contributed by atoms with van der Waals surface area (Å²) in [6.07, 6.45) is 0. The van der Waals surface area contributed by atoms with Crippen molar-refractivity contribution < 1.29 is 8.78 Å². The van der Waals surface area contributed by atoms with E-state index in [4.69, 9.17) is 0 Å². The van der Waals surface area contributed by atoms with Gasteiger partial charge in [-0.15, -0.1) is 0 Å². The van der Waals surface area contributed by atoms with Gasteiger partial charge in [-0.3, -0.25) is 0 Å². The second kappa shape index (κ2) is 9.67. The van der Waals surface area contributed by atoms with Crippen molar-refractivity contribution in [2.75, 3.05) is 0 Å². The first-order valence-electron chi connectivity index (χ1n) is 10.8. The van der Waals surface area contributed by atoms with Crippen LogP contribution in [0.4, 0.5) is 8.78 Å². The highest BCUT2D eigenvalue weighted by Crippen LogP contribution is 2.35. The molecular formula is C26H30F2Si2. The lowest BCUT2D eigenvalue weighted by Crippen LogP contribution is -2.68. The second-order valence-electron chi connectivity index (χ2n) is 7.82. The molecule has 0 fully saturated rings. The lowest BCUT2D eigenvalue weighted by atomic mass is 10.3. The summed E-state index contributed by atoms with van der Waals surface area (Å²) in [5.41, 5.74) is -0.943. The Balaban J connectivity index is 2.48. The van der Waals surface area contributed by atoms with Gasteiger partial charge in [0.15, 0.2) is 0 Å². The Kier molecular flexibility index (Phi) is 7.21. The fourth-order valence-electron chi connectivity index (χ4n) is 4.56. The lowest BCUT2D eigenvalue weighted by molar-refractivity contribution is 0.592. The average molecular weight is 437 g/mol. The van der Waals surface area contributed by atoms with Crippen molar-refractivity contribution in [2.24, 2.45) is 0 Å². The van der Waals surface area contributed by atoms with Crippen LogP contribution in [-0.2, 0) is 0 Å². The zero-order valence-electron chi connectivity index (χ0n) is 18.0. The Morgan fingerprint density at radius 1 is 0.533 bits per heavy atom. The van der Waals surface area contributed by atoms with Crippen molar-refractivity contribution >= 4 is 31.7 Å². The van der Waals surface area contributed by atoms with Gasteiger partial charge < -0.3 is 0 Å². The van der Waals surface area contributed by atoms with Crippen LogP contribution in [0.1, 0.15) is 20.8 Å². The fourth-order valence-corrected chi connectivity index (χ4v) is 13.0. The third-order valence-corrected chi connectivity index (χ3v) is 16.6. The first-order valence-corrected chi connectivity index (χ1v) is 15.4.